The Labute approximate surface area is 96.9 Å². The third-order valence-electron chi connectivity index (χ3n) is 2.52. The Morgan fingerprint density at radius 3 is 2.56 bits per heavy atom. The van der Waals surface area contributed by atoms with E-state index >= 15 is 0 Å². The molecule has 1 N–H and O–H groups in total. The van der Waals surface area contributed by atoms with Crippen LogP contribution in [0.1, 0.15) is 18.9 Å². The maximum Gasteiger partial charge on any atom is 0.114 e. The van der Waals surface area contributed by atoms with Gasteiger partial charge < -0.3 is 9.84 Å². The summed E-state index contributed by atoms with van der Waals surface area (Å²) in [4.78, 5) is 0. The van der Waals surface area contributed by atoms with Crippen LogP contribution in [0.3, 0.4) is 0 Å². The summed E-state index contributed by atoms with van der Waals surface area (Å²) in [6.45, 7) is 6.39. The highest BCUT2D eigenvalue weighted by Crippen LogP contribution is 2.31. The zero-order valence-corrected chi connectivity index (χ0v) is 9.60. The monoisotopic (exact) mass is 218 g/mol. The Morgan fingerprint density at radius 1 is 1.38 bits per heavy atom. The van der Waals surface area contributed by atoms with Crippen LogP contribution < -0.4 is 0 Å². The van der Waals surface area contributed by atoms with Gasteiger partial charge in [-0.25, -0.2) is 0 Å². The third-order valence-corrected chi connectivity index (χ3v) is 2.52. The number of rotatable bonds is 6. The van der Waals surface area contributed by atoms with Gasteiger partial charge in [0.2, 0.25) is 0 Å². The van der Waals surface area contributed by atoms with E-state index < -0.39 is 5.60 Å². The summed E-state index contributed by atoms with van der Waals surface area (Å²) in [5.74, 6) is 0. The molecule has 0 spiro atoms. The van der Waals surface area contributed by atoms with E-state index in [0.717, 1.165) is 11.8 Å². The lowest BCUT2D eigenvalue weighted by Crippen LogP contribution is -2.26. The molecule has 0 heterocycles. The zero-order valence-electron chi connectivity index (χ0n) is 9.60. The summed E-state index contributed by atoms with van der Waals surface area (Å²) in [5, 5.41) is 8.77. The minimum absolute atomic E-state index is 0.546. The summed E-state index contributed by atoms with van der Waals surface area (Å²) in [6.07, 6.45) is 5.07. The van der Waals surface area contributed by atoms with E-state index in [1.165, 1.54) is 0 Å². The van der Waals surface area contributed by atoms with Gasteiger partial charge in [-0.1, -0.05) is 43.0 Å². The zero-order chi connectivity index (χ0) is 11.9. The molecule has 2 heteroatoms. The van der Waals surface area contributed by atoms with Gasteiger partial charge >= 0.3 is 0 Å². The second-order valence-electron chi connectivity index (χ2n) is 3.48. The second-order valence-corrected chi connectivity index (χ2v) is 3.48. The molecule has 1 rings (SSSR count). The van der Waals surface area contributed by atoms with Crippen LogP contribution in [0.4, 0.5) is 0 Å². The Hall–Kier alpha value is -1.54. The van der Waals surface area contributed by atoms with Crippen LogP contribution in [0, 0.1) is 0 Å². The summed E-state index contributed by atoms with van der Waals surface area (Å²) < 4.78 is 5.79. The van der Waals surface area contributed by atoms with Crippen molar-refractivity contribution in [1.29, 1.82) is 0 Å². The SMILES string of the molecule is C=CC(CC=CO)(OCC)c1ccccc1. The first-order chi connectivity index (χ1) is 7.79. The van der Waals surface area contributed by atoms with E-state index in [-0.39, 0.29) is 0 Å². The second kappa shape index (κ2) is 6.13. The fourth-order valence-corrected chi connectivity index (χ4v) is 1.73. The Balaban J connectivity index is 3.06. The number of ether oxygens (including phenoxy) is 1. The average Bonchev–Trinajstić information content (AvgIpc) is 2.36. The van der Waals surface area contributed by atoms with Crippen molar-refractivity contribution in [3.8, 4) is 0 Å². The van der Waals surface area contributed by atoms with Gasteiger partial charge in [-0.3, -0.25) is 0 Å². The molecule has 0 saturated carbocycles. The maximum absolute atomic E-state index is 8.77. The van der Waals surface area contributed by atoms with E-state index in [2.05, 4.69) is 6.58 Å². The van der Waals surface area contributed by atoms with Crippen molar-refractivity contribution in [2.24, 2.45) is 0 Å². The van der Waals surface area contributed by atoms with Crippen molar-refractivity contribution in [3.63, 3.8) is 0 Å². The molecule has 1 unspecified atom stereocenters. The molecule has 1 atom stereocenters. The number of aliphatic hydroxyl groups is 1. The number of hydrogen-bond donors (Lipinski definition) is 1. The van der Waals surface area contributed by atoms with Gasteiger partial charge in [-0.2, -0.15) is 0 Å². The quantitative estimate of drug-likeness (QED) is 0.584. The number of benzene rings is 1. The molecule has 16 heavy (non-hydrogen) atoms. The smallest absolute Gasteiger partial charge is 0.114 e. The molecule has 0 aliphatic heterocycles. The van der Waals surface area contributed by atoms with Crippen LogP contribution >= 0.6 is 0 Å². The Bertz CT molecular complexity index is 343. The van der Waals surface area contributed by atoms with Gasteiger partial charge in [0, 0.05) is 13.0 Å². The highest BCUT2D eigenvalue weighted by molar-refractivity contribution is 5.28. The number of hydrogen-bond acceptors (Lipinski definition) is 2. The predicted molar refractivity (Wildman–Crippen MR) is 66.3 cm³/mol. The van der Waals surface area contributed by atoms with Gasteiger partial charge in [-0.15, -0.1) is 0 Å². The van der Waals surface area contributed by atoms with Gasteiger partial charge in [0.25, 0.3) is 0 Å². The molecule has 2 nitrogen and oxygen atoms in total. The molecule has 0 fully saturated rings. The summed E-state index contributed by atoms with van der Waals surface area (Å²) >= 11 is 0. The number of aliphatic hydroxyl groups excluding tert-OH is 1. The minimum Gasteiger partial charge on any atom is -0.516 e. The van der Waals surface area contributed by atoms with E-state index in [4.69, 9.17) is 9.84 Å². The molecular formula is C14H18O2. The largest absolute Gasteiger partial charge is 0.516 e. The molecule has 0 amide bonds. The van der Waals surface area contributed by atoms with Crippen molar-refractivity contribution in [2.75, 3.05) is 6.61 Å². The predicted octanol–water partition coefficient (Wildman–Crippen LogP) is 3.57. The fourth-order valence-electron chi connectivity index (χ4n) is 1.73. The first-order valence-corrected chi connectivity index (χ1v) is 5.41. The van der Waals surface area contributed by atoms with Crippen molar-refractivity contribution in [3.05, 3.63) is 60.9 Å². The first-order valence-electron chi connectivity index (χ1n) is 5.41. The van der Waals surface area contributed by atoms with Crippen molar-refractivity contribution in [2.45, 2.75) is 18.9 Å². The fraction of sp³-hybridized carbons (Fsp3) is 0.286. The van der Waals surface area contributed by atoms with Crippen LogP contribution in [-0.4, -0.2) is 11.7 Å². The Kier molecular flexibility index (Phi) is 4.80. The van der Waals surface area contributed by atoms with Crippen LogP contribution in [0.2, 0.25) is 0 Å². The van der Waals surface area contributed by atoms with Crippen LogP contribution in [0.25, 0.3) is 0 Å². The summed E-state index contributed by atoms with van der Waals surface area (Å²) in [7, 11) is 0. The maximum atomic E-state index is 8.77. The lowest BCUT2D eigenvalue weighted by atomic mass is 9.90. The summed E-state index contributed by atoms with van der Waals surface area (Å²) in [5.41, 5.74) is 0.500. The molecule has 0 radical (unpaired) electrons. The molecule has 0 aliphatic carbocycles. The lowest BCUT2D eigenvalue weighted by molar-refractivity contribution is -0.00248. The molecule has 0 aromatic heterocycles. The third kappa shape index (κ3) is 2.74. The van der Waals surface area contributed by atoms with Crippen molar-refractivity contribution in [1.82, 2.24) is 0 Å². The standard InChI is InChI=1S/C14H18O2/c1-3-14(16-4-2,11-8-12-15)13-9-6-5-7-10-13/h3,5-10,12,15H,1,4,11H2,2H3. The van der Waals surface area contributed by atoms with E-state index in [1.54, 1.807) is 12.2 Å². The van der Waals surface area contributed by atoms with E-state index in [1.807, 2.05) is 37.3 Å². The van der Waals surface area contributed by atoms with E-state index in [0.29, 0.717) is 13.0 Å². The minimum atomic E-state index is -0.546. The average molecular weight is 218 g/mol. The topological polar surface area (TPSA) is 29.5 Å². The molecule has 1 aromatic carbocycles. The molecule has 86 valence electrons. The molecular weight excluding hydrogens is 200 g/mol. The summed E-state index contributed by atoms with van der Waals surface area (Å²) in [6, 6.07) is 9.90. The Morgan fingerprint density at radius 2 is 2.06 bits per heavy atom. The van der Waals surface area contributed by atoms with Crippen LogP contribution in [0.15, 0.2) is 55.3 Å². The molecule has 1 aromatic rings. The molecule has 0 aliphatic rings. The van der Waals surface area contributed by atoms with Crippen molar-refractivity contribution < 1.29 is 9.84 Å². The molecule has 0 saturated heterocycles. The van der Waals surface area contributed by atoms with Crippen molar-refractivity contribution >= 4 is 0 Å². The van der Waals surface area contributed by atoms with Crippen LogP contribution in [0.5, 0.6) is 0 Å². The van der Waals surface area contributed by atoms with Gasteiger partial charge in [0.05, 0.1) is 6.26 Å². The van der Waals surface area contributed by atoms with E-state index in [9.17, 15) is 0 Å². The van der Waals surface area contributed by atoms with Gasteiger partial charge in [0.15, 0.2) is 0 Å². The highest BCUT2D eigenvalue weighted by atomic mass is 16.5. The first kappa shape index (κ1) is 12.5. The molecule has 0 bridgehead atoms. The van der Waals surface area contributed by atoms with Gasteiger partial charge in [0.1, 0.15) is 5.60 Å². The van der Waals surface area contributed by atoms with Gasteiger partial charge in [-0.05, 0) is 18.6 Å². The lowest BCUT2D eigenvalue weighted by Gasteiger charge is -2.29. The normalized spacial score (nSPS) is 14.8. The van der Waals surface area contributed by atoms with Crippen LogP contribution in [-0.2, 0) is 10.3 Å². The highest BCUT2D eigenvalue weighted by Gasteiger charge is 2.27.